The van der Waals surface area contributed by atoms with Crippen molar-refractivity contribution in [3.8, 4) is 11.4 Å². The van der Waals surface area contributed by atoms with E-state index in [0.29, 0.717) is 11.0 Å². The minimum absolute atomic E-state index is 0.498. The first kappa shape index (κ1) is 10.2. The maximum absolute atomic E-state index is 6.01. The van der Waals surface area contributed by atoms with Gasteiger partial charge in [0.15, 0.2) is 5.82 Å². The first-order valence-corrected chi connectivity index (χ1v) is 5.02. The summed E-state index contributed by atoms with van der Waals surface area (Å²) in [6.07, 6.45) is 1.62. The van der Waals surface area contributed by atoms with Gasteiger partial charge in [-0.1, -0.05) is 11.6 Å². The molecule has 15 heavy (non-hydrogen) atoms. The molecule has 2 aromatic rings. The van der Waals surface area contributed by atoms with Crippen LogP contribution in [-0.2, 0) is 0 Å². The number of furan rings is 1. The average molecular weight is 223 g/mol. The van der Waals surface area contributed by atoms with Gasteiger partial charge in [-0.25, -0.2) is 9.97 Å². The molecule has 0 aliphatic carbocycles. The van der Waals surface area contributed by atoms with E-state index in [1.165, 1.54) is 0 Å². The molecule has 0 bridgehead atoms. The summed E-state index contributed by atoms with van der Waals surface area (Å²) in [7, 11) is 0. The Bertz CT molecular complexity index is 482. The standard InChI is InChI=1S/C11H11ClN2O/c1-6-7(2)13-11(14-10(6)12)9-4-5-15-8(9)3/h4-5H,1-3H3. The second kappa shape index (κ2) is 3.66. The summed E-state index contributed by atoms with van der Waals surface area (Å²) in [6, 6.07) is 1.84. The van der Waals surface area contributed by atoms with Crippen LogP contribution in [0.5, 0.6) is 0 Å². The first-order chi connectivity index (χ1) is 7.09. The lowest BCUT2D eigenvalue weighted by Gasteiger charge is -2.04. The van der Waals surface area contributed by atoms with Gasteiger partial charge >= 0.3 is 0 Å². The number of rotatable bonds is 1. The Kier molecular flexibility index (Phi) is 2.49. The third kappa shape index (κ3) is 1.75. The number of nitrogens with zero attached hydrogens (tertiary/aromatic N) is 2. The maximum Gasteiger partial charge on any atom is 0.164 e. The van der Waals surface area contributed by atoms with Crippen molar-refractivity contribution in [3.63, 3.8) is 0 Å². The third-order valence-electron chi connectivity index (χ3n) is 2.43. The van der Waals surface area contributed by atoms with Gasteiger partial charge in [-0.15, -0.1) is 0 Å². The van der Waals surface area contributed by atoms with E-state index in [9.17, 15) is 0 Å². The van der Waals surface area contributed by atoms with E-state index in [4.69, 9.17) is 16.0 Å². The highest BCUT2D eigenvalue weighted by Crippen LogP contribution is 2.24. The molecule has 0 amide bonds. The number of aryl methyl sites for hydroxylation is 2. The molecule has 0 aromatic carbocycles. The summed E-state index contributed by atoms with van der Waals surface area (Å²) in [4.78, 5) is 8.61. The molecule has 0 atom stereocenters. The van der Waals surface area contributed by atoms with E-state index in [2.05, 4.69) is 9.97 Å². The molecule has 4 heteroatoms. The number of aromatic nitrogens is 2. The number of halogens is 1. The van der Waals surface area contributed by atoms with Crippen LogP contribution in [0.15, 0.2) is 16.7 Å². The van der Waals surface area contributed by atoms with Crippen molar-refractivity contribution in [2.24, 2.45) is 0 Å². The van der Waals surface area contributed by atoms with E-state index in [1.54, 1.807) is 6.26 Å². The van der Waals surface area contributed by atoms with Crippen molar-refractivity contribution in [1.29, 1.82) is 0 Å². The van der Waals surface area contributed by atoms with Crippen LogP contribution in [0.25, 0.3) is 11.4 Å². The summed E-state index contributed by atoms with van der Waals surface area (Å²) in [5.41, 5.74) is 2.70. The maximum atomic E-state index is 6.01. The highest BCUT2D eigenvalue weighted by atomic mass is 35.5. The zero-order valence-electron chi connectivity index (χ0n) is 8.84. The second-order valence-electron chi connectivity index (χ2n) is 3.44. The molecular formula is C11H11ClN2O. The van der Waals surface area contributed by atoms with Gasteiger partial charge in [0, 0.05) is 11.3 Å². The van der Waals surface area contributed by atoms with E-state index >= 15 is 0 Å². The van der Waals surface area contributed by atoms with Crippen molar-refractivity contribution in [2.75, 3.05) is 0 Å². The van der Waals surface area contributed by atoms with Gasteiger partial charge in [-0.3, -0.25) is 0 Å². The van der Waals surface area contributed by atoms with Crippen LogP contribution in [0.1, 0.15) is 17.0 Å². The van der Waals surface area contributed by atoms with Crippen molar-refractivity contribution in [3.05, 3.63) is 34.5 Å². The van der Waals surface area contributed by atoms with Crippen molar-refractivity contribution < 1.29 is 4.42 Å². The van der Waals surface area contributed by atoms with Crippen molar-refractivity contribution >= 4 is 11.6 Å². The van der Waals surface area contributed by atoms with Gasteiger partial charge in [0.2, 0.25) is 0 Å². The quantitative estimate of drug-likeness (QED) is 0.695. The van der Waals surface area contributed by atoms with Crippen molar-refractivity contribution in [1.82, 2.24) is 9.97 Å². The van der Waals surface area contributed by atoms with E-state index in [1.807, 2.05) is 26.8 Å². The Morgan fingerprint density at radius 2 is 1.93 bits per heavy atom. The molecule has 2 heterocycles. The minimum Gasteiger partial charge on any atom is -0.469 e. The summed E-state index contributed by atoms with van der Waals surface area (Å²) in [5, 5.41) is 0.498. The largest absolute Gasteiger partial charge is 0.469 e. The molecule has 0 fully saturated rings. The predicted molar refractivity (Wildman–Crippen MR) is 59.0 cm³/mol. The summed E-state index contributed by atoms with van der Waals surface area (Å²) in [5.74, 6) is 1.42. The summed E-state index contributed by atoms with van der Waals surface area (Å²) in [6.45, 7) is 5.70. The van der Waals surface area contributed by atoms with Crippen LogP contribution in [0.3, 0.4) is 0 Å². The lowest BCUT2D eigenvalue weighted by molar-refractivity contribution is 0.535. The predicted octanol–water partition coefficient (Wildman–Crippen LogP) is 3.32. The van der Waals surface area contributed by atoms with Crippen LogP contribution in [0.4, 0.5) is 0 Å². The topological polar surface area (TPSA) is 38.9 Å². The molecule has 0 saturated heterocycles. The smallest absolute Gasteiger partial charge is 0.164 e. The molecule has 2 rings (SSSR count). The van der Waals surface area contributed by atoms with Gasteiger partial charge in [0.1, 0.15) is 10.9 Å². The molecule has 0 aliphatic heterocycles. The number of hydrogen-bond acceptors (Lipinski definition) is 3. The minimum atomic E-state index is 0.498. The Hall–Kier alpha value is -1.35. The fourth-order valence-corrected chi connectivity index (χ4v) is 1.55. The lowest BCUT2D eigenvalue weighted by atomic mass is 10.2. The zero-order valence-corrected chi connectivity index (χ0v) is 9.59. The third-order valence-corrected chi connectivity index (χ3v) is 2.80. The molecule has 78 valence electrons. The summed E-state index contributed by atoms with van der Waals surface area (Å²) >= 11 is 6.01. The van der Waals surface area contributed by atoms with Crippen LogP contribution in [-0.4, -0.2) is 9.97 Å². The van der Waals surface area contributed by atoms with Gasteiger partial charge in [-0.2, -0.15) is 0 Å². The van der Waals surface area contributed by atoms with Gasteiger partial charge in [-0.05, 0) is 26.8 Å². The lowest BCUT2D eigenvalue weighted by Crippen LogP contribution is -1.96. The Morgan fingerprint density at radius 1 is 1.20 bits per heavy atom. The van der Waals surface area contributed by atoms with Gasteiger partial charge < -0.3 is 4.42 Å². The van der Waals surface area contributed by atoms with Crippen LogP contribution >= 0.6 is 11.6 Å². The van der Waals surface area contributed by atoms with Crippen LogP contribution < -0.4 is 0 Å². The normalized spacial score (nSPS) is 10.7. The van der Waals surface area contributed by atoms with Gasteiger partial charge in [0.05, 0.1) is 11.8 Å². The van der Waals surface area contributed by atoms with E-state index in [-0.39, 0.29) is 0 Å². The molecule has 2 aromatic heterocycles. The molecule has 0 unspecified atom stereocenters. The summed E-state index contributed by atoms with van der Waals surface area (Å²) < 4.78 is 5.21. The molecule has 3 nitrogen and oxygen atoms in total. The van der Waals surface area contributed by atoms with E-state index in [0.717, 1.165) is 22.6 Å². The average Bonchev–Trinajstić information content (AvgIpc) is 2.60. The Morgan fingerprint density at radius 3 is 2.47 bits per heavy atom. The molecule has 0 aliphatic rings. The fourth-order valence-electron chi connectivity index (χ4n) is 1.33. The molecule has 0 radical (unpaired) electrons. The Labute approximate surface area is 93.1 Å². The first-order valence-electron chi connectivity index (χ1n) is 4.65. The molecule has 0 spiro atoms. The highest BCUT2D eigenvalue weighted by Gasteiger charge is 2.11. The molecule has 0 saturated carbocycles. The highest BCUT2D eigenvalue weighted by molar-refractivity contribution is 6.30. The zero-order chi connectivity index (χ0) is 11.0. The van der Waals surface area contributed by atoms with Gasteiger partial charge in [0.25, 0.3) is 0 Å². The second-order valence-corrected chi connectivity index (χ2v) is 3.80. The molecule has 0 N–H and O–H groups in total. The SMILES string of the molecule is Cc1nc(-c2ccoc2C)nc(Cl)c1C. The van der Waals surface area contributed by atoms with Crippen molar-refractivity contribution in [2.45, 2.75) is 20.8 Å². The van der Waals surface area contributed by atoms with E-state index < -0.39 is 0 Å². The fraction of sp³-hybridized carbons (Fsp3) is 0.273. The van der Waals surface area contributed by atoms with Crippen LogP contribution in [0.2, 0.25) is 5.15 Å². The van der Waals surface area contributed by atoms with Crippen LogP contribution in [0, 0.1) is 20.8 Å². The molecular weight excluding hydrogens is 212 g/mol. The number of hydrogen-bond donors (Lipinski definition) is 0. The monoisotopic (exact) mass is 222 g/mol. The Balaban J connectivity index is 2.60.